The van der Waals surface area contributed by atoms with Crippen LogP contribution in [0.1, 0.15) is 6.92 Å². The molecule has 0 bridgehead atoms. The molecular weight excluding hydrogens is 237 g/mol. The van der Waals surface area contributed by atoms with Crippen molar-refractivity contribution in [3.05, 3.63) is 41.9 Å². The van der Waals surface area contributed by atoms with Gasteiger partial charge in [0.15, 0.2) is 0 Å². The molecule has 0 aliphatic carbocycles. The van der Waals surface area contributed by atoms with Gasteiger partial charge in [0.25, 0.3) is 0 Å². The van der Waals surface area contributed by atoms with Crippen LogP contribution in [0.2, 0.25) is 0 Å². The topological polar surface area (TPSA) is 47.6 Å². The molecule has 0 atom stereocenters. The highest BCUT2D eigenvalue weighted by atomic mass is 19.1. The van der Waals surface area contributed by atoms with E-state index in [0.29, 0.717) is 24.6 Å². The van der Waals surface area contributed by atoms with E-state index in [0.717, 1.165) is 0 Å². The summed E-state index contributed by atoms with van der Waals surface area (Å²) in [6, 6.07) is 5.94. The Labute approximate surface area is 105 Å². The van der Waals surface area contributed by atoms with E-state index < -0.39 is 5.97 Å². The van der Waals surface area contributed by atoms with Gasteiger partial charge in [-0.1, -0.05) is 6.07 Å². The number of carbonyl (C=O) groups excluding carboxylic acids is 1. The Bertz CT molecular complexity index is 432. The lowest BCUT2D eigenvalue weighted by atomic mass is 10.3. The van der Waals surface area contributed by atoms with E-state index in [1.807, 2.05) is 0 Å². The molecule has 1 rings (SSSR count). The predicted octanol–water partition coefficient (Wildman–Crippen LogP) is 1.87. The molecule has 0 saturated heterocycles. The van der Waals surface area contributed by atoms with Crippen LogP contribution in [-0.4, -0.2) is 26.2 Å². The molecular formula is C13H16FNO3. The molecule has 0 amide bonds. The maximum atomic E-state index is 12.8. The van der Waals surface area contributed by atoms with Gasteiger partial charge in [-0.2, -0.15) is 0 Å². The van der Waals surface area contributed by atoms with Crippen LogP contribution in [0.4, 0.5) is 4.39 Å². The summed E-state index contributed by atoms with van der Waals surface area (Å²) in [7, 11) is 1.32. The van der Waals surface area contributed by atoms with Gasteiger partial charge >= 0.3 is 5.97 Å². The lowest BCUT2D eigenvalue weighted by Gasteiger charge is -2.08. The zero-order valence-corrected chi connectivity index (χ0v) is 10.4. The number of benzene rings is 1. The smallest absolute Gasteiger partial charge is 0.332 e. The number of rotatable bonds is 6. The van der Waals surface area contributed by atoms with Gasteiger partial charge in [-0.3, -0.25) is 0 Å². The number of carbonyl (C=O) groups is 1. The van der Waals surface area contributed by atoms with E-state index in [-0.39, 0.29) is 5.82 Å². The van der Waals surface area contributed by atoms with Crippen LogP contribution < -0.4 is 10.1 Å². The molecule has 0 aromatic heterocycles. The molecule has 0 heterocycles. The maximum absolute atomic E-state index is 12.8. The van der Waals surface area contributed by atoms with Gasteiger partial charge in [-0.25, -0.2) is 9.18 Å². The van der Waals surface area contributed by atoms with Crippen LogP contribution in [-0.2, 0) is 9.53 Å². The molecule has 0 aliphatic heterocycles. The van der Waals surface area contributed by atoms with Gasteiger partial charge in [0, 0.05) is 24.4 Å². The first-order valence-electron chi connectivity index (χ1n) is 5.50. The molecule has 1 N–H and O–H groups in total. The molecule has 0 aliphatic rings. The van der Waals surface area contributed by atoms with Crippen LogP contribution in [0.15, 0.2) is 36.0 Å². The minimum Gasteiger partial charge on any atom is -0.492 e. The molecule has 1 aromatic rings. The van der Waals surface area contributed by atoms with Crippen LogP contribution in [0.25, 0.3) is 0 Å². The first kappa shape index (κ1) is 14.0. The average Bonchev–Trinajstić information content (AvgIpc) is 2.34. The van der Waals surface area contributed by atoms with Crippen molar-refractivity contribution in [3.8, 4) is 5.75 Å². The zero-order valence-electron chi connectivity index (χ0n) is 10.4. The van der Waals surface area contributed by atoms with E-state index in [2.05, 4.69) is 10.1 Å². The molecule has 18 heavy (non-hydrogen) atoms. The summed E-state index contributed by atoms with van der Waals surface area (Å²) in [6.45, 7) is 2.63. The van der Waals surface area contributed by atoms with E-state index in [4.69, 9.17) is 4.74 Å². The van der Waals surface area contributed by atoms with Gasteiger partial charge in [-0.15, -0.1) is 0 Å². The molecule has 0 saturated carbocycles. The van der Waals surface area contributed by atoms with E-state index in [1.165, 1.54) is 25.3 Å². The zero-order chi connectivity index (χ0) is 13.4. The van der Waals surface area contributed by atoms with Crippen molar-refractivity contribution in [2.24, 2.45) is 0 Å². The summed E-state index contributed by atoms with van der Waals surface area (Å²) >= 11 is 0. The quantitative estimate of drug-likeness (QED) is 0.477. The number of hydrogen-bond donors (Lipinski definition) is 1. The Hall–Kier alpha value is -2.04. The standard InChI is InChI=1S/C13H16FNO3/c1-10(8-13(16)17-2)15-6-7-18-12-5-3-4-11(14)9-12/h3-5,8-9,15H,6-7H2,1-2H3/b10-8-. The molecule has 0 spiro atoms. The highest BCUT2D eigenvalue weighted by Gasteiger charge is 1.97. The van der Waals surface area contributed by atoms with E-state index in [9.17, 15) is 9.18 Å². The predicted molar refractivity (Wildman–Crippen MR) is 65.7 cm³/mol. The molecule has 1 aromatic carbocycles. The number of nitrogens with one attached hydrogen (secondary N) is 1. The van der Waals surface area contributed by atoms with Gasteiger partial charge in [0.05, 0.1) is 7.11 Å². The van der Waals surface area contributed by atoms with Crippen molar-refractivity contribution in [1.29, 1.82) is 0 Å². The van der Waals surface area contributed by atoms with Gasteiger partial charge in [0.2, 0.25) is 0 Å². The summed E-state index contributed by atoms with van der Waals surface area (Å²) in [5.41, 5.74) is 0.685. The fraction of sp³-hybridized carbons (Fsp3) is 0.308. The Morgan fingerprint density at radius 3 is 2.94 bits per heavy atom. The molecule has 0 unspecified atom stereocenters. The number of halogens is 1. The van der Waals surface area contributed by atoms with Gasteiger partial charge in [0.1, 0.15) is 18.2 Å². The summed E-state index contributed by atoms with van der Waals surface area (Å²) in [5.74, 6) is -0.264. The van der Waals surface area contributed by atoms with E-state index >= 15 is 0 Å². The normalized spacial score (nSPS) is 10.9. The Morgan fingerprint density at radius 2 is 2.28 bits per heavy atom. The largest absolute Gasteiger partial charge is 0.492 e. The maximum Gasteiger partial charge on any atom is 0.332 e. The summed E-state index contributed by atoms with van der Waals surface area (Å²) in [5, 5.41) is 2.97. The number of methoxy groups -OCH3 is 1. The number of allylic oxidation sites excluding steroid dienone is 1. The lowest BCUT2D eigenvalue weighted by molar-refractivity contribution is -0.134. The lowest BCUT2D eigenvalue weighted by Crippen LogP contribution is -2.20. The van der Waals surface area contributed by atoms with Crippen LogP contribution >= 0.6 is 0 Å². The Morgan fingerprint density at radius 1 is 1.50 bits per heavy atom. The van der Waals surface area contributed by atoms with Crippen molar-refractivity contribution in [3.63, 3.8) is 0 Å². The molecule has 0 fully saturated rings. The fourth-order valence-electron chi connectivity index (χ4n) is 1.26. The van der Waals surface area contributed by atoms with Crippen LogP contribution in [0, 0.1) is 5.82 Å². The summed E-state index contributed by atoms with van der Waals surface area (Å²) in [6.07, 6.45) is 1.35. The third-order valence-corrected chi connectivity index (χ3v) is 2.11. The van der Waals surface area contributed by atoms with Crippen molar-refractivity contribution in [1.82, 2.24) is 5.32 Å². The second-order valence-corrected chi connectivity index (χ2v) is 3.58. The molecule has 5 heteroatoms. The van der Waals surface area contributed by atoms with Crippen LogP contribution in [0.3, 0.4) is 0 Å². The molecule has 98 valence electrons. The highest BCUT2D eigenvalue weighted by Crippen LogP contribution is 2.11. The first-order valence-corrected chi connectivity index (χ1v) is 5.50. The number of esters is 1. The van der Waals surface area contributed by atoms with Gasteiger partial charge in [-0.05, 0) is 19.1 Å². The summed E-state index contributed by atoms with van der Waals surface area (Å²) < 4.78 is 22.6. The van der Waals surface area contributed by atoms with Crippen LogP contribution in [0.5, 0.6) is 5.75 Å². The van der Waals surface area contributed by atoms with E-state index in [1.54, 1.807) is 19.1 Å². The number of ether oxygens (including phenoxy) is 2. The summed E-state index contributed by atoms with van der Waals surface area (Å²) in [4.78, 5) is 10.9. The molecule has 4 nitrogen and oxygen atoms in total. The van der Waals surface area contributed by atoms with Crippen molar-refractivity contribution < 1.29 is 18.7 Å². The average molecular weight is 253 g/mol. The minimum absolute atomic E-state index is 0.331. The minimum atomic E-state index is -0.411. The monoisotopic (exact) mass is 253 g/mol. The fourth-order valence-corrected chi connectivity index (χ4v) is 1.26. The second-order valence-electron chi connectivity index (χ2n) is 3.58. The van der Waals surface area contributed by atoms with Crippen molar-refractivity contribution in [2.75, 3.05) is 20.3 Å². The Balaban J connectivity index is 2.27. The van der Waals surface area contributed by atoms with Crippen molar-refractivity contribution in [2.45, 2.75) is 6.92 Å². The van der Waals surface area contributed by atoms with Gasteiger partial charge < -0.3 is 14.8 Å². The third-order valence-electron chi connectivity index (χ3n) is 2.11. The highest BCUT2D eigenvalue weighted by molar-refractivity contribution is 5.82. The number of hydrogen-bond acceptors (Lipinski definition) is 4. The molecule has 0 radical (unpaired) electrons. The SMILES string of the molecule is COC(=O)/C=C(/C)NCCOc1cccc(F)c1. The van der Waals surface area contributed by atoms with Crippen molar-refractivity contribution >= 4 is 5.97 Å². The first-order chi connectivity index (χ1) is 8.61. The second kappa shape index (κ2) is 7.32. The Kier molecular flexibility index (Phi) is 5.70. The third kappa shape index (κ3) is 5.34.